The van der Waals surface area contributed by atoms with Crippen molar-refractivity contribution in [3.8, 4) is 0 Å². The lowest BCUT2D eigenvalue weighted by molar-refractivity contribution is -0.115. The molecular weight excluding hydrogens is 258 g/mol. The Hall–Kier alpha value is -1.01. The molecule has 1 aromatic heterocycles. The molecule has 0 unspecified atom stereocenters. The maximum atomic E-state index is 12.1. The van der Waals surface area contributed by atoms with Crippen molar-refractivity contribution in [2.45, 2.75) is 23.3 Å². The molecule has 3 rings (SSSR count). The first-order valence-electron chi connectivity index (χ1n) is 5.25. The highest BCUT2D eigenvalue weighted by atomic mass is 32.2. The number of allylic oxidation sites excluding steroid dienone is 2. The Morgan fingerprint density at radius 3 is 2.59 bits per heavy atom. The van der Waals surface area contributed by atoms with Crippen molar-refractivity contribution in [2.75, 3.05) is 6.26 Å². The molecule has 0 fully saturated rings. The maximum Gasteiger partial charge on any atom is 0.236 e. The van der Waals surface area contributed by atoms with Gasteiger partial charge in [-0.05, 0) is 30.7 Å². The van der Waals surface area contributed by atoms with Crippen LogP contribution in [0.1, 0.15) is 18.4 Å². The van der Waals surface area contributed by atoms with E-state index in [-0.39, 0.29) is 5.12 Å². The van der Waals surface area contributed by atoms with Gasteiger partial charge in [0.05, 0.1) is 11.7 Å². The Bertz CT molecular complexity index is 632. The minimum Gasteiger partial charge on any atom is -0.286 e. The van der Waals surface area contributed by atoms with Crippen LogP contribution in [-0.2, 0) is 20.2 Å². The summed E-state index contributed by atoms with van der Waals surface area (Å²) in [5.74, 6) is 0. The van der Waals surface area contributed by atoms with Crippen molar-refractivity contribution >= 4 is 26.9 Å². The Morgan fingerprint density at radius 2 is 2.00 bits per heavy atom. The minimum atomic E-state index is -3.33. The summed E-state index contributed by atoms with van der Waals surface area (Å²) >= 11 is 1.05. The van der Waals surface area contributed by atoms with Crippen LogP contribution in [0, 0.1) is 0 Å². The summed E-state index contributed by atoms with van der Waals surface area (Å²) in [4.78, 5) is 12.1. The first kappa shape index (κ1) is 11.1. The van der Waals surface area contributed by atoms with E-state index < -0.39 is 15.4 Å². The van der Waals surface area contributed by atoms with Crippen molar-refractivity contribution < 1.29 is 13.2 Å². The number of carbonyl (C=O) groups is 1. The molecule has 0 N–H and O–H groups in total. The van der Waals surface area contributed by atoms with Gasteiger partial charge in [0.25, 0.3) is 0 Å². The smallest absolute Gasteiger partial charge is 0.236 e. The summed E-state index contributed by atoms with van der Waals surface area (Å²) in [6.45, 7) is 0. The first-order chi connectivity index (χ1) is 7.95. The molecule has 0 amide bonds. The monoisotopic (exact) mass is 269 g/mol. The Labute approximate surface area is 104 Å². The molecule has 4 nitrogen and oxygen atoms in total. The molecule has 0 radical (unpaired) electrons. The summed E-state index contributed by atoms with van der Waals surface area (Å²) in [6, 6.07) is 1.77. The standard InChI is InChI=1S/C11H11NO3S2/c1-17(14,15)12-7-4-8-9(12)16-10(13)11(8)5-2-3-6-11/h2-4,7H,5-6H2,1H3. The Morgan fingerprint density at radius 1 is 1.35 bits per heavy atom. The van der Waals surface area contributed by atoms with Gasteiger partial charge in [-0.25, -0.2) is 12.4 Å². The zero-order valence-corrected chi connectivity index (χ0v) is 10.8. The zero-order chi connectivity index (χ0) is 12.3. The van der Waals surface area contributed by atoms with Crippen LogP contribution in [0.4, 0.5) is 0 Å². The van der Waals surface area contributed by atoms with Gasteiger partial charge in [0.1, 0.15) is 5.03 Å². The molecule has 17 heavy (non-hydrogen) atoms. The summed E-state index contributed by atoms with van der Waals surface area (Å²) in [6.07, 6.45) is 8.03. The molecule has 0 bridgehead atoms. The third kappa shape index (κ3) is 1.37. The fraction of sp³-hybridized carbons (Fsp3) is 0.364. The first-order valence-corrected chi connectivity index (χ1v) is 7.91. The number of hydrogen-bond donors (Lipinski definition) is 0. The number of carbonyl (C=O) groups excluding carboxylic acids is 1. The molecule has 0 saturated heterocycles. The highest BCUT2D eigenvalue weighted by Crippen LogP contribution is 2.52. The van der Waals surface area contributed by atoms with Crippen LogP contribution in [0.2, 0.25) is 0 Å². The van der Waals surface area contributed by atoms with Crippen LogP contribution in [0.5, 0.6) is 0 Å². The fourth-order valence-electron chi connectivity index (χ4n) is 2.46. The van der Waals surface area contributed by atoms with E-state index in [1.54, 1.807) is 12.3 Å². The van der Waals surface area contributed by atoms with Gasteiger partial charge in [0.2, 0.25) is 15.1 Å². The van der Waals surface area contributed by atoms with Crippen LogP contribution in [0.3, 0.4) is 0 Å². The lowest BCUT2D eigenvalue weighted by Gasteiger charge is -2.19. The van der Waals surface area contributed by atoms with Crippen LogP contribution in [-0.4, -0.2) is 23.8 Å². The number of hydrogen-bond acceptors (Lipinski definition) is 4. The van der Waals surface area contributed by atoms with Gasteiger partial charge in [-0.15, -0.1) is 0 Å². The van der Waals surface area contributed by atoms with Gasteiger partial charge in [0, 0.05) is 11.8 Å². The fourth-order valence-corrected chi connectivity index (χ4v) is 4.83. The van der Waals surface area contributed by atoms with E-state index in [9.17, 15) is 13.2 Å². The van der Waals surface area contributed by atoms with E-state index in [0.29, 0.717) is 17.9 Å². The molecule has 1 aliphatic heterocycles. The third-order valence-corrected chi connectivity index (χ3v) is 5.68. The Kier molecular flexibility index (Phi) is 2.13. The highest BCUT2D eigenvalue weighted by molar-refractivity contribution is 8.14. The van der Waals surface area contributed by atoms with E-state index >= 15 is 0 Å². The molecule has 0 atom stereocenters. The predicted molar refractivity (Wildman–Crippen MR) is 65.6 cm³/mol. The van der Waals surface area contributed by atoms with Crippen molar-refractivity contribution in [3.05, 3.63) is 30.0 Å². The van der Waals surface area contributed by atoms with E-state index in [4.69, 9.17) is 0 Å². The van der Waals surface area contributed by atoms with Crippen LogP contribution in [0.15, 0.2) is 29.4 Å². The van der Waals surface area contributed by atoms with E-state index in [1.807, 2.05) is 12.2 Å². The summed E-state index contributed by atoms with van der Waals surface area (Å²) in [5, 5.41) is 0.631. The van der Waals surface area contributed by atoms with Crippen LogP contribution < -0.4 is 0 Å². The average molecular weight is 269 g/mol. The molecule has 1 spiro atoms. The van der Waals surface area contributed by atoms with Gasteiger partial charge in [-0.2, -0.15) is 0 Å². The molecule has 1 aliphatic carbocycles. The number of aromatic nitrogens is 1. The number of nitrogens with zero attached hydrogens (tertiary/aromatic N) is 1. The van der Waals surface area contributed by atoms with Gasteiger partial charge in [-0.3, -0.25) is 4.79 Å². The second-order valence-corrected chi connectivity index (χ2v) is 7.27. The van der Waals surface area contributed by atoms with Crippen LogP contribution >= 0.6 is 11.8 Å². The van der Waals surface area contributed by atoms with Gasteiger partial charge >= 0.3 is 0 Å². The third-order valence-electron chi connectivity index (χ3n) is 3.36. The molecule has 90 valence electrons. The summed E-state index contributed by atoms with van der Waals surface area (Å²) < 4.78 is 24.4. The van der Waals surface area contributed by atoms with Gasteiger partial charge in [0.15, 0.2) is 0 Å². The normalized spacial score (nSPS) is 21.4. The second kappa shape index (κ2) is 3.26. The predicted octanol–water partition coefficient (Wildman–Crippen LogP) is 1.52. The quantitative estimate of drug-likeness (QED) is 0.725. The van der Waals surface area contributed by atoms with E-state index in [0.717, 1.165) is 23.6 Å². The number of fused-ring (bicyclic) bond motifs is 2. The van der Waals surface area contributed by atoms with Crippen molar-refractivity contribution in [2.24, 2.45) is 0 Å². The lowest BCUT2D eigenvalue weighted by atomic mass is 9.81. The molecule has 2 heterocycles. The van der Waals surface area contributed by atoms with E-state index in [1.165, 1.54) is 3.97 Å². The van der Waals surface area contributed by atoms with E-state index in [2.05, 4.69) is 0 Å². The molecule has 1 aromatic rings. The summed E-state index contributed by atoms with van der Waals surface area (Å²) in [5.41, 5.74) is 0.360. The number of thioether (sulfide) groups is 1. The molecule has 0 aromatic carbocycles. The lowest BCUT2D eigenvalue weighted by Crippen LogP contribution is -2.26. The molecule has 6 heteroatoms. The topological polar surface area (TPSA) is 56.1 Å². The van der Waals surface area contributed by atoms with Gasteiger partial charge in [-0.1, -0.05) is 12.2 Å². The maximum absolute atomic E-state index is 12.1. The zero-order valence-electron chi connectivity index (χ0n) is 9.21. The van der Waals surface area contributed by atoms with Crippen molar-refractivity contribution in [3.63, 3.8) is 0 Å². The summed E-state index contributed by atoms with van der Waals surface area (Å²) in [7, 11) is -3.33. The van der Waals surface area contributed by atoms with Crippen molar-refractivity contribution in [1.29, 1.82) is 0 Å². The molecular formula is C11H11NO3S2. The second-order valence-electron chi connectivity index (χ2n) is 4.44. The van der Waals surface area contributed by atoms with Crippen molar-refractivity contribution in [1.82, 2.24) is 3.97 Å². The van der Waals surface area contributed by atoms with Gasteiger partial charge < -0.3 is 0 Å². The largest absolute Gasteiger partial charge is 0.286 e. The highest BCUT2D eigenvalue weighted by Gasteiger charge is 2.49. The SMILES string of the molecule is CS(=O)(=O)n1ccc2c1SC(=O)C21CC=CC1. The minimum absolute atomic E-state index is 0.0606. The molecule has 0 saturated carbocycles. The number of rotatable bonds is 1. The average Bonchev–Trinajstić information content (AvgIpc) is 2.84. The Balaban J connectivity index is 2.20. The molecule has 2 aliphatic rings. The van der Waals surface area contributed by atoms with Crippen LogP contribution in [0.25, 0.3) is 0 Å².